The third-order valence-corrected chi connectivity index (χ3v) is 4.90. The van der Waals surface area contributed by atoms with E-state index in [2.05, 4.69) is 10.4 Å². The summed E-state index contributed by atoms with van der Waals surface area (Å²) in [7, 11) is 0. The van der Waals surface area contributed by atoms with E-state index in [1.165, 1.54) is 0 Å². The second-order valence-electron chi connectivity index (χ2n) is 6.51. The van der Waals surface area contributed by atoms with Crippen LogP contribution in [0.25, 0.3) is 0 Å². The lowest BCUT2D eigenvalue weighted by molar-refractivity contribution is 0.167. The standard InChI is InChI=1S/C19H26N4O2/c24-14-9-17(16-5-2-1-3-6-16)15-20-19(25)22-12-7-18(8-13-22)23-11-4-10-21-23/h1-6,10-11,17-18,24H,7-9,12-15H2,(H,20,25). The first-order chi connectivity index (χ1) is 12.3. The van der Waals surface area contributed by atoms with Crippen LogP contribution in [0.2, 0.25) is 0 Å². The van der Waals surface area contributed by atoms with Crippen molar-refractivity contribution in [2.75, 3.05) is 26.2 Å². The summed E-state index contributed by atoms with van der Waals surface area (Å²) in [5.74, 6) is 0.136. The fourth-order valence-electron chi connectivity index (χ4n) is 3.42. The van der Waals surface area contributed by atoms with Crippen LogP contribution in [0.4, 0.5) is 4.79 Å². The summed E-state index contributed by atoms with van der Waals surface area (Å²) in [5.41, 5.74) is 1.15. The Morgan fingerprint density at radius 1 is 1.24 bits per heavy atom. The van der Waals surface area contributed by atoms with Gasteiger partial charge in [-0.05, 0) is 30.9 Å². The molecular formula is C19H26N4O2. The Labute approximate surface area is 148 Å². The molecule has 2 amide bonds. The number of likely N-dealkylation sites (tertiary alicyclic amines) is 1. The molecule has 0 spiro atoms. The average Bonchev–Trinajstić information content (AvgIpc) is 3.20. The minimum absolute atomic E-state index is 0.0159. The zero-order valence-corrected chi connectivity index (χ0v) is 14.4. The molecule has 1 aromatic carbocycles. The van der Waals surface area contributed by atoms with Crippen LogP contribution in [0.15, 0.2) is 48.8 Å². The molecule has 1 atom stereocenters. The van der Waals surface area contributed by atoms with E-state index in [0.717, 1.165) is 31.5 Å². The van der Waals surface area contributed by atoms with Crippen molar-refractivity contribution in [3.63, 3.8) is 0 Å². The summed E-state index contributed by atoms with van der Waals surface area (Å²) in [6.45, 7) is 2.14. The first-order valence-electron chi connectivity index (χ1n) is 8.95. The van der Waals surface area contributed by atoms with Gasteiger partial charge in [-0.2, -0.15) is 5.10 Å². The zero-order valence-electron chi connectivity index (χ0n) is 14.4. The smallest absolute Gasteiger partial charge is 0.317 e. The molecular weight excluding hydrogens is 316 g/mol. The van der Waals surface area contributed by atoms with Gasteiger partial charge in [0, 0.05) is 44.6 Å². The fourth-order valence-corrected chi connectivity index (χ4v) is 3.42. The molecule has 1 aliphatic heterocycles. The molecule has 1 fully saturated rings. The predicted molar refractivity (Wildman–Crippen MR) is 96.4 cm³/mol. The lowest BCUT2D eigenvalue weighted by Crippen LogP contribution is -2.45. The molecule has 1 saturated heterocycles. The Bertz CT molecular complexity index is 637. The Kier molecular flexibility index (Phi) is 6.06. The monoisotopic (exact) mass is 342 g/mol. The number of hydrogen-bond donors (Lipinski definition) is 2. The maximum atomic E-state index is 12.5. The number of aromatic nitrogens is 2. The minimum Gasteiger partial charge on any atom is -0.396 e. The maximum Gasteiger partial charge on any atom is 0.317 e. The summed E-state index contributed by atoms with van der Waals surface area (Å²) in [6, 6.07) is 12.3. The second kappa shape index (κ2) is 8.67. The van der Waals surface area contributed by atoms with Gasteiger partial charge in [0.25, 0.3) is 0 Å². The second-order valence-corrected chi connectivity index (χ2v) is 6.51. The Balaban J connectivity index is 1.49. The van der Waals surface area contributed by atoms with Crippen molar-refractivity contribution in [2.45, 2.75) is 31.2 Å². The summed E-state index contributed by atoms with van der Waals surface area (Å²) >= 11 is 0. The van der Waals surface area contributed by atoms with Crippen LogP contribution in [0.1, 0.15) is 36.8 Å². The molecule has 134 valence electrons. The third kappa shape index (κ3) is 4.60. The van der Waals surface area contributed by atoms with Crippen molar-refractivity contribution < 1.29 is 9.90 Å². The van der Waals surface area contributed by atoms with Gasteiger partial charge in [-0.25, -0.2) is 4.79 Å². The van der Waals surface area contributed by atoms with Crippen LogP contribution in [0, 0.1) is 0 Å². The maximum absolute atomic E-state index is 12.5. The van der Waals surface area contributed by atoms with Gasteiger partial charge in [0.1, 0.15) is 0 Å². The van der Waals surface area contributed by atoms with E-state index in [-0.39, 0.29) is 18.6 Å². The molecule has 2 aromatic rings. The van der Waals surface area contributed by atoms with Gasteiger partial charge in [-0.15, -0.1) is 0 Å². The predicted octanol–water partition coefficient (Wildman–Crippen LogP) is 2.40. The van der Waals surface area contributed by atoms with Gasteiger partial charge < -0.3 is 15.3 Å². The lowest BCUT2D eigenvalue weighted by atomic mass is 9.96. The van der Waals surface area contributed by atoms with Crippen molar-refractivity contribution in [1.29, 1.82) is 0 Å². The van der Waals surface area contributed by atoms with Gasteiger partial charge in [0.05, 0.1) is 6.04 Å². The van der Waals surface area contributed by atoms with Gasteiger partial charge in [0.2, 0.25) is 0 Å². The molecule has 6 nitrogen and oxygen atoms in total. The molecule has 0 bridgehead atoms. The van der Waals surface area contributed by atoms with Crippen molar-refractivity contribution in [2.24, 2.45) is 0 Å². The summed E-state index contributed by atoms with van der Waals surface area (Å²) in [5, 5.41) is 16.6. The Morgan fingerprint density at radius 2 is 2.00 bits per heavy atom. The summed E-state index contributed by atoms with van der Waals surface area (Å²) in [4.78, 5) is 14.3. The molecule has 6 heteroatoms. The van der Waals surface area contributed by atoms with Crippen molar-refractivity contribution in [1.82, 2.24) is 20.0 Å². The van der Waals surface area contributed by atoms with Crippen molar-refractivity contribution >= 4 is 6.03 Å². The van der Waals surface area contributed by atoms with E-state index in [4.69, 9.17) is 0 Å². The molecule has 1 unspecified atom stereocenters. The van der Waals surface area contributed by atoms with E-state index in [0.29, 0.717) is 19.0 Å². The number of hydrogen-bond acceptors (Lipinski definition) is 3. The molecule has 2 N–H and O–H groups in total. The molecule has 0 aliphatic carbocycles. The van der Waals surface area contributed by atoms with E-state index >= 15 is 0 Å². The van der Waals surface area contributed by atoms with Gasteiger partial charge in [0.15, 0.2) is 0 Å². The third-order valence-electron chi connectivity index (χ3n) is 4.90. The topological polar surface area (TPSA) is 70.4 Å². The van der Waals surface area contributed by atoms with E-state index in [1.807, 2.05) is 52.2 Å². The number of benzene rings is 1. The number of urea groups is 1. The highest BCUT2D eigenvalue weighted by molar-refractivity contribution is 5.74. The Hall–Kier alpha value is -2.34. The van der Waals surface area contributed by atoms with Crippen molar-refractivity contribution in [3.05, 3.63) is 54.4 Å². The number of carbonyl (C=O) groups excluding carboxylic acids is 1. The average molecular weight is 342 g/mol. The number of aliphatic hydroxyl groups excluding tert-OH is 1. The number of nitrogens with zero attached hydrogens (tertiary/aromatic N) is 3. The molecule has 1 aromatic heterocycles. The molecule has 3 rings (SSSR count). The Morgan fingerprint density at radius 3 is 2.64 bits per heavy atom. The first-order valence-corrected chi connectivity index (χ1v) is 8.95. The normalized spacial score (nSPS) is 16.6. The van der Waals surface area contributed by atoms with Crippen LogP contribution >= 0.6 is 0 Å². The van der Waals surface area contributed by atoms with Crippen LogP contribution in [0.5, 0.6) is 0 Å². The number of nitrogens with one attached hydrogen (secondary N) is 1. The van der Waals surface area contributed by atoms with Crippen molar-refractivity contribution in [3.8, 4) is 0 Å². The van der Waals surface area contributed by atoms with Gasteiger partial charge in [-0.1, -0.05) is 30.3 Å². The molecule has 2 heterocycles. The molecule has 1 aliphatic rings. The number of carbonyl (C=O) groups is 1. The molecule has 0 radical (unpaired) electrons. The fraction of sp³-hybridized carbons (Fsp3) is 0.474. The highest BCUT2D eigenvalue weighted by Crippen LogP contribution is 2.22. The summed E-state index contributed by atoms with van der Waals surface area (Å²) < 4.78 is 1.99. The van der Waals surface area contributed by atoms with Crippen LogP contribution in [0.3, 0.4) is 0 Å². The van der Waals surface area contributed by atoms with Crippen LogP contribution < -0.4 is 5.32 Å². The van der Waals surface area contributed by atoms with E-state index < -0.39 is 0 Å². The lowest BCUT2D eigenvalue weighted by Gasteiger charge is -2.32. The highest BCUT2D eigenvalue weighted by atomic mass is 16.3. The number of rotatable bonds is 6. The van der Waals surface area contributed by atoms with Crippen LogP contribution in [-0.4, -0.2) is 52.1 Å². The first kappa shape index (κ1) is 17.5. The number of amides is 2. The van der Waals surface area contributed by atoms with E-state index in [1.54, 1.807) is 6.20 Å². The van der Waals surface area contributed by atoms with Gasteiger partial charge >= 0.3 is 6.03 Å². The SMILES string of the molecule is O=C(NCC(CCO)c1ccccc1)N1CCC(n2cccn2)CC1. The highest BCUT2D eigenvalue weighted by Gasteiger charge is 2.24. The minimum atomic E-state index is -0.0159. The van der Waals surface area contributed by atoms with E-state index in [9.17, 15) is 9.90 Å². The van der Waals surface area contributed by atoms with Crippen LogP contribution in [-0.2, 0) is 0 Å². The van der Waals surface area contributed by atoms with Gasteiger partial charge in [-0.3, -0.25) is 4.68 Å². The summed E-state index contributed by atoms with van der Waals surface area (Å²) in [6.07, 6.45) is 6.27. The number of aliphatic hydroxyl groups is 1. The quantitative estimate of drug-likeness (QED) is 0.847. The molecule has 25 heavy (non-hydrogen) atoms. The number of piperidine rings is 1. The largest absolute Gasteiger partial charge is 0.396 e. The molecule has 0 saturated carbocycles. The zero-order chi connectivity index (χ0) is 17.5.